The molecule has 0 radical (unpaired) electrons. The number of nitrogens with one attached hydrogen (secondary N) is 3. The lowest BCUT2D eigenvalue weighted by atomic mass is 10.1. The Morgan fingerprint density at radius 3 is 1.90 bits per heavy atom. The number of ether oxygens (including phenoxy) is 4. The van der Waals surface area contributed by atoms with E-state index < -0.39 is 17.8 Å². The molecule has 0 saturated carbocycles. The zero-order valence-corrected chi connectivity index (χ0v) is 17.0. The molecule has 0 unspecified atom stereocenters. The van der Waals surface area contributed by atoms with Gasteiger partial charge in [0.25, 0.3) is 11.8 Å². The lowest BCUT2D eigenvalue weighted by molar-refractivity contribution is -0.120. The van der Waals surface area contributed by atoms with Crippen LogP contribution >= 0.6 is 0 Å². The van der Waals surface area contributed by atoms with E-state index in [9.17, 15) is 14.4 Å². The molecule has 0 fully saturated rings. The predicted molar refractivity (Wildman–Crippen MR) is 108 cm³/mol. The molecule has 0 saturated heterocycles. The molecule has 2 rings (SSSR count). The maximum absolute atomic E-state index is 12.3. The minimum absolute atomic E-state index is 0.104. The topological polar surface area (TPSA) is 124 Å². The third kappa shape index (κ3) is 5.53. The minimum Gasteiger partial charge on any atom is -0.493 e. The van der Waals surface area contributed by atoms with Crippen molar-refractivity contribution in [3.8, 4) is 17.2 Å². The average Bonchev–Trinajstić information content (AvgIpc) is 2.79. The molecule has 160 valence electrons. The van der Waals surface area contributed by atoms with Gasteiger partial charge in [-0.05, 0) is 36.4 Å². The number of carbonyl (C=O) groups excluding carboxylic acids is 3. The highest BCUT2D eigenvalue weighted by atomic mass is 16.5. The first-order valence-corrected chi connectivity index (χ1v) is 8.75. The molecule has 0 aromatic heterocycles. The summed E-state index contributed by atoms with van der Waals surface area (Å²) in [5.74, 6) is -0.523. The molecule has 3 N–H and O–H groups in total. The Bertz CT molecular complexity index is 888. The van der Waals surface area contributed by atoms with Crippen molar-refractivity contribution in [2.45, 2.75) is 0 Å². The number of benzene rings is 2. The van der Waals surface area contributed by atoms with E-state index in [2.05, 4.69) is 20.9 Å². The monoisotopic (exact) mass is 417 g/mol. The van der Waals surface area contributed by atoms with E-state index in [0.717, 1.165) is 0 Å². The first kappa shape index (κ1) is 22.3. The van der Waals surface area contributed by atoms with E-state index in [-0.39, 0.29) is 12.1 Å². The summed E-state index contributed by atoms with van der Waals surface area (Å²) in [6.07, 6.45) is 0. The van der Waals surface area contributed by atoms with E-state index >= 15 is 0 Å². The summed E-state index contributed by atoms with van der Waals surface area (Å²) in [6, 6.07) is 9.33. The second-order valence-corrected chi connectivity index (χ2v) is 5.84. The summed E-state index contributed by atoms with van der Waals surface area (Å²) < 4.78 is 20.2. The highest BCUT2D eigenvalue weighted by molar-refractivity contribution is 5.97. The van der Waals surface area contributed by atoms with Crippen molar-refractivity contribution in [2.24, 2.45) is 0 Å². The first-order chi connectivity index (χ1) is 14.4. The van der Waals surface area contributed by atoms with Crippen LogP contribution < -0.4 is 30.4 Å². The third-order valence-corrected chi connectivity index (χ3v) is 4.00. The molecule has 2 aromatic rings. The molecule has 0 aliphatic rings. The van der Waals surface area contributed by atoms with E-state index in [1.54, 1.807) is 24.3 Å². The Kier molecular flexibility index (Phi) is 7.86. The van der Waals surface area contributed by atoms with Crippen LogP contribution in [0.2, 0.25) is 0 Å². The van der Waals surface area contributed by atoms with Gasteiger partial charge in [0, 0.05) is 11.3 Å². The molecule has 10 heteroatoms. The highest BCUT2D eigenvalue weighted by Crippen LogP contribution is 2.38. The van der Waals surface area contributed by atoms with Crippen LogP contribution in [0.15, 0.2) is 36.4 Å². The van der Waals surface area contributed by atoms with Crippen molar-refractivity contribution in [2.75, 3.05) is 40.3 Å². The molecule has 0 heterocycles. The van der Waals surface area contributed by atoms with Gasteiger partial charge in [0.1, 0.15) is 0 Å². The van der Waals surface area contributed by atoms with E-state index in [1.165, 1.54) is 40.6 Å². The van der Waals surface area contributed by atoms with E-state index in [0.29, 0.717) is 28.5 Å². The van der Waals surface area contributed by atoms with Gasteiger partial charge >= 0.3 is 5.97 Å². The normalized spacial score (nSPS) is 9.87. The summed E-state index contributed by atoms with van der Waals surface area (Å²) in [7, 11) is 5.62. The molecular formula is C20H23N3O7. The number of anilines is 1. The lowest BCUT2D eigenvalue weighted by Gasteiger charge is -2.14. The summed E-state index contributed by atoms with van der Waals surface area (Å²) in [4.78, 5) is 35.7. The van der Waals surface area contributed by atoms with Gasteiger partial charge in [0.15, 0.2) is 11.5 Å². The zero-order valence-electron chi connectivity index (χ0n) is 17.0. The van der Waals surface area contributed by atoms with Crippen LogP contribution in [0.3, 0.4) is 0 Å². The Balaban J connectivity index is 1.91. The molecular weight excluding hydrogens is 394 g/mol. The molecule has 2 aromatic carbocycles. The summed E-state index contributed by atoms with van der Waals surface area (Å²) in [5, 5.41) is 2.87. The number of hydrazine groups is 1. The van der Waals surface area contributed by atoms with Crippen LogP contribution in [0.25, 0.3) is 0 Å². The number of carbonyl (C=O) groups is 3. The van der Waals surface area contributed by atoms with Gasteiger partial charge in [-0.15, -0.1) is 0 Å². The van der Waals surface area contributed by atoms with Gasteiger partial charge in [-0.3, -0.25) is 20.4 Å². The Hall–Kier alpha value is -3.95. The Morgan fingerprint density at radius 2 is 1.40 bits per heavy atom. The van der Waals surface area contributed by atoms with Crippen LogP contribution in [0.4, 0.5) is 5.69 Å². The average molecular weight is 417 g/mol. The van der Waals surface area contributed by atoms with Crippen LogP contribution in [0, 0.1) is 0 Å². The second kappa shape index (κ2) is 10.6. The number of rotatable bonds is 8. The van der Waals surface area contributed by atoms with Crippen LogP contribution in [-0.2, 0) is 9.53 Å². The quantitative estimate of drug-likeness (QED) is 0.435. The van der Waals surface area contributed by atoms with Crippen molar-refractivity contribution in [1.29, 1.82) is 0 Å². The molecule has 0 bridgehead atoms. The highest BCUT2D eigenvalue weighted by Gasteiger charge is 2.17. The van der Waals surface area contributed by atoms with Gasteiger partial charge < -0.3 is 24.3 Å². The van der Waals surface area contributed by atoms with Crippen LogP contribution in [0.5, 0.6) is 17.2 Å². The zero-order chi connectivity index (χ0) is 22.1. The molecule has 0 spiro atoms. The fourth-order valence-corrected chi connectivity index (χ4v) is 2.48. The fourth-order valence-electron chi connectivity index (χ4n) is 2.48. The Labute approximate surface area is 173 Å². The molecule has 2 amide bonds. The SMILES string of the molecule is COC(=O)c1ccc(NCC(=O)NNC(=O)c2cc(OC)c(OC)c(OC)c2)cc1. The lowest BCUT2D eigenvalue weighted by Crippen LogP contribution is -2.44. The van der Waals surface area contributed by atoms with Gasteiger partial charge in [-0.2, -0.15) is 0 Å². The summed E-state index contributed by atoms with van der Waals surface area (Å²) >= 11 is 0. The number of hydrogen-bond donors (Lipinski definition) is 3. The van der Waals surface area contributed by atoms with Crippen molar-refractivity contribution >= 4 is 23.5 Å². The maximum Gasteiger partial charge on any atom is 0.337 e. The van der Waals surface area contributed by atoms with E-state index in [1.807, 2.05) is 0 Å². The number of esters is 1. The summed E-state index contributed by atoms with van der Waals surface area (Å²) in [5.41, 5.74) is 5.84. The molecule has 0 atom stereocenters. The van der Waals surface area contributed by atoms with Crippen LogP contribution in [0.1, 0.15) is 20.7 Å². The molecule has 30 heavy (non-hydrogen) atoms. The van der Waals surface area contributed by atoms with Crippen LogP contribution in [-0.4, -0.2) is 52.8 Å². The number of hydrogen-bond acceptors (Lipinski definition) is 8. The second-order valence-electron chi connectivity index (χ2n) is 5.84. The minimum atomic E-state index is -0.565. The largest absolute Gasteiger partial charge is 0.493 e. The van der Waals surface area contributed by atoms with Gasteiger partial charge in [-0.1, -0.05) is 0 Å². The van der Waals surface area contributed by atoms with Crippen molar-refractivity contribution in [3.05, 3.63) is 47.5 Å². The molecule has 0 aliphatic heterocycles. The number of amides is 2. The first-order valence-electron chi connectivity index (χ1n) is 8.75. The third-order valence-electron chi connectivity index (χ3n) is 4.00. The number of methoxy groups -OCH3 is 4. The van der Waals surface area contributed by atoms with Crippen molar-refractivity contribution in [3.63, 3.8) is 0 Å². The van der Waals surface area contributed by atoms with Crippen molar-refractivity contribution in [1.82, 2.24) is 10.9 Å². The molecule has 10 nitrogen and oxygen atoms in total. The molecule has 0 aliphatic carbocycles. The maximum atomic E-state index is 12.3. The Morgan fingerprint density at radius 1 is 0.800 bits per heavy atom. The van der Waals surface area contributed by atoms with Crippen molar-refractivity contribution < 1.29 is 33.3 Å². The van der Waals surface area contributed by atoms with Gasteiger partial charge in [-0.25, -0.2) is 4.79 Å². The smallest absolute Gasteiger partial charge is 0.337 e. The van der Waals surface area contributed by atoms with Gasteiger partial charge in [0.05, 0.1) is 40.5 Å². The summed E-state index contributed by atoms with van der Waals surface area (Å²) in [6.45, 7) is -0.104. The standard InChI is InChI=1S/C20H23N3O7/c1-27-15-9-13(10-16(28-2)18(15)29-3)19(25)23-22-17(24)11-21-14-7-5-12(6-8-14)20(26)30-4/h5-10,21H,11H2,1-4H3,(H,22,24)(H,23,25). The predicted octanol–water partition coefficient (Wildman–Crippen LogP) is 1.37. The van der Waals surface area contributed by atoms with E-state index in [4.69, 9.17) is 14.2 Å². The van der Waals surface area contributed by atoms with Gasteiger partial charge in [0.2, 0.25) is 5.75 Å². The fraction of sp³-hybridized carbons (Fsp3) is 0.250.